The Balaban J connectivity index is 0.000000684. The molecule has 0 unspecified atom stereocenters. The van der Waals surface area contributed by atoms with Gasteiger partial charge < -0.3 is 14.6 Å². The lowest BCUT2D eigenvalue weighted by molar-refractivity contribution is -0.140. The van der Waals surface area contributed by atoms with E-state index in [2.05, 4.69) is 24.5 Å². The number of benzene rings is 1. The highest BCUT2D eigenvalue weighted by Crippen LogP contribution is 2.08. The van der Waals surface area contributed by atoms with Crippen LogP contribution in [0.1, 0.15) is 25.8 Å². The molecule has 0 saturated heterocycles. The number of carboxylic acid groups (broad SMARTS) is 1. The lowest BCUT2D eigenvalue weighted by Crippen LogP contribution is -2.07. The van der Waals surface area contributed by atoms with E-state index in [1.807, 2.05) is 30.3 Å². The number of esters is 2. The van der Waals surface area contributed by atoms with E-state index in [0.29, 0.717) is 5.57 Å². The Labute approximate surface area is 165 Å². The number of hydrogen-bond acceptors (Lipinski definition) is 5. The number of ether oxygens (including phenoxy) is 2. The van der Waals surface area contributed by atoms with Crippen molar-refractivity contribution in [3.05, 3.63) is 84.5 Å². The van der Waals surface area contributed by atoms with Gasteiger partial charge in [-0.2, -0.15) is 0 Å². The second-order valence-electron chi connectivity index (χ2n) is 5.73. The minimum absolute atomic E-state index is 0.172. The summed E-state index contributed by atoms with van der Waals surface area (Å²) in [5.41, 5.74) is 1.71. The molecule has 0 amide bonds. The number of aliphatic carboxylic acids is 1. The quantitative estimate of drug-likeness (QED) is 0.392. The van der Waals surface area contributed by atoms with Crippen molar-refractivity contribution in [3.63, 3.8) is 0 Å². The molecular formula is C22H26O6. The molecule has 150 valence electrons. The zero-order valence-corrected chi connectivity index (χ0v) is 16.3. The van der Waals surface area contributed by atoms with Crippen molar-refractivity contribution >= 4 is 17.9 Å². The van der Waals surface area contributed by atoms with Gasteiger partial charge in [-0.1, -0.05) is 62.2 Å². The van der Waals surface area contributed by atoms with Crippen LogP contribution >= 0.6 is 0 Å². The molecule has 1 aromatic rings. The van der Waals surface area contributed by atoms with Crippen LogP contribution in [0.2, 0.25) is 0 Å². The Morgan fingerprint density at radius 1 is 1.04 bits per heavy atom. The van der Waals surface area contributed by atoms with Gasteiger partial charge in [0, 0.05) is 16.7 Å². The summed E-state index contributed by atoms with van der Waals surface area (Å²) in [5, 5.41) is 8.67. The molecule has 6 nitrogen and oxygen atoms in total. The molecule has 0 aliphatic carbocycles. The first-order valence-electron chi connectivity index (χ1n) is 8.41. The normalized spacial score (nSPS) is 10.0. The number of carbonyl (C=O) groups excluding carboxylic acids is 2. The maximum absolute atomic E-state index is 11.6. The van der Waals surface area contributed by atoms with Crippen LogP contribution < -0.4 is 0 Å². The summed E-state index contributed by atoms with van der Waals surface area (Å²) in [6.45, 7) is 13.9. The third-order valence-electron chi connectivity index (χ3n) is 3.17. The van der Waals surface area contributed by atoms with Crippen LogP contribution in [-0.4, -0.2) is 29.6 Å². The molecule has 0 radical (unpaired) electrons. The predicted molar refractivity (Wildman–Crippen MR) is 107 cm³/mol. The molecular weight excluding hydrogens is 360 g/mol. The van der Waals surface area contributed by atoms with Crippen molar-refractivity contribution in [3.8, 4) is 0 Å². The topological polar surface area (TPSA) is 89.9 Å². The number of rotatable bonds is 9. The summed E-state index contributed by atoms with van der Waals surface area (Å²) >= 11 is 0. The number of hydrogen-bond donors (Lipinski definition) is 1. The molecule has 0 heterocycles. The molecule has 0 aromatic heterocycles. The summed E-state index contributed by atoms with van der Waals surface area (Å²) in [6.07, 6.45) is 3.13. The van der Waals surface area contributed by atoms with Gasteiger partial charge in [0.05, 0.1) is 0 Å². The lowest BCUT2D eigenvalue weighted by Gasteiger charge is -2.05. The Morgan fingerprint density at radius 2 is 1.64 bits per heavy atom. The number of allylic oxidation sites excluding steroid dienone is 1. The molecule has 6 heteroatoms. The van der Waals surface area contributed by atoms with E-state index in [1.54, 1.807) is 6.92 Å². The Morgan fingerprint density at radius 3 is 2.14 bits per heavy atom. The van der Waals surface area contributed by atoms with Crippen molar-refractivity contribution in [2.45, 2.75) is 26.9 Å². The first-order valence-corrected chi connectivity index (χ1v) is 8.41. The Bertz CT molecular complexity index is 744. The van der Waals surface area contributed by atoms with E-state index < -0.39 is 11.9 Å². The van der Waals surface area contributed by atoms with Gasteiger partial charge in [-0.15, -0.1) is 0 Å². The summed E-state index contributed by atoms with van der Waals surface area (Å²) in [4.78, 5) is 32.7. The highest BCUT2D eigenvalue weighted by atomic mass is 16.5. The molecule has 0 saturated carbocycles. The fourth-order valence-electron chi connectivity index (χ4n) is 1.53. The third kappa shape index (κ3) is 11.3. The molecule has 0 aliphatic heterocycles. The average molecular weight is 386 g/mol. The van der Waals surface area contributed by atoms with Crippen LogP contribution in [0.15, 0.2) is 78.9 Å². The second kappa shape index (κ2) is 13.7. The van der Waals surface area contributed by atoms with Crippen molar-refractivity contribution in [2.75, 3.05) is 6.61 Å². The van der Waals surface area contributed by atoms with Crippen LogP contribution in [-0.2, 0) is 30.5 Å². The van der Waals surface area contributed by atoms with E-state index in [9.17, 15) is 14.4 Å². The molecule has 28 heavy (non-hydrogen) atoms. The molecule has 1 N–H and O–H groups in total. The van der Waals surface area contributed by atoms with E-state index in [-0.39, 0.29) is 36.8 Å². The highest BCUT2D eigenvalue weighted by molar-refractivity contribution is 5.89. The van der Waals surface area contributed by atoms with Crippen LogP contribution in [0.5, 0.6) is 0 Å². The van der Waals surface area contributed by atoms with E-state index in [4.69, 9.17) is 9.84 Å². The molecule has 0 fully saturated rings. The largest absolute Gasteiger partial charge is 0.478 e. The van der Waals surface area contributed by atoms with Gasteiger partial charge in [-0.05, 0) is 25.8 Å². The second-order valence-corrected chi connectivity index (χ2v) is 5.73. The predicted octanol–water partition coefficient (Wildman–Crippen LogP) is 4.00. The smallest absolute Gasteiger partial charge is 0.334 e. The highest BCUT2D eigenvalue weighted by Gasteiger charge is 2.08. The van der Waals surface area contributed by atoms with Crippen LogP contribution in [0.3, 0.4) is 0 Å². The molecule has 0 aliphatic rings. The van der Waals surface area contributed by atoms with Gasteiger partial charge >= 0.3 is 17.9 Å². The van der Waals surface area contributed by atoms with E-state index in [0.717, 1.165) is 5.56 Å². The molecule has 1 rings (SSSR count). The zero-order chi connectivity index (χ0) is 21.5. The minimum Gasteiger partial charge on any atom is -0.478 e. The number of carbonyl (C=O) groups is 3. The van der Waals surface area contributed by atoms with Crippen LogP contribution in [0.25, 0.3) is 0 Å². The van der Waals surface area contributed by atoms with Crippen molar-refractivity contribution in [1.29, 1.82) is 0 Å². The van der Waals surface area contributed by atoms with E-state index >= 15 is 0 Å². The van der Waals surface area contributed by atoms with Gasteiger partial charge in [0.15, 0.2) is 0 Å². The maximum atomic E-state index is 11.6. The number of carboxylic acids is 1. The van der Waals surface area contributed by atoms with Gasteiger partial charge in [0.2, 0.25) is 0 Å². The fraction of sp³-hybridized carbons (Fsp3) is 0.227. The van der Waals surface area contributed by atoms with Gasteiger partial charge in [0.25, 0.3) is 0 Å². The van der Waals surface area contributed by atoms with Crippen LogP contribution in [0.4, 0.5) is 0 Å². The van der Waals surface area contributed by atoms with Gasteiger partial charge in [-0.3, -0.25) is 0 Å². The first-order chi connectivity index (χ1) is 13.2. The third-order valence-corrected chi connectivity index (χ3v) is 3.17. The van der Waals surface area contributed by atoms with E-state index in [1.165, 1.54) is 19.1 Å². The van der Waals surface area contributed by atoms with Crippen molar-refractivity contribution < 1.29 is 29.0 Å². The zero-order valence-electron chi connectivity index (χ0n) is 16.3. The lowest BCUT2D eigenvalue weighted by atomic mass is 10.1. The molecule has 0 atom stereocenters. The van der Waals surface area contributed by atoms with Crippen molar-refractivity contribution in [1.82, 2.24) is 0 Å². The molecule has 1 aromatic carbocycles. The molecule has 0 spiro atoms. The summed E-state index contributed by atoms with van der Waals surface area (Å²) in [5.74, 6) is -1.89. The standard InChI is InChI=1S/C15H16O4.C7H10O2/c1-11(14(16)17)8-9-12(2)15(18)19-10-13-6-4-3-5-7-13;1-4-5-9-7(8)6(2)3/h3-8H,2,9-10H2,1H3,(H,16,17);4H,1-2,5H2,3H3. The fourth-order valence-corrected chi connectivity index (χ4v) is 1.53. The SMILES string of the molecule is C=C(CC=C(C)C(=O)O)C(=O)OCc1ccccc1.C=CCOC(=O)C(=C)C. The first kappa shape index (κ1) is 24.6. The van der Waals surface area contributed by atoms with Gasteiger partial charge in [0.1, 0.15) is 13.2 Å². The van der Waals surface area contributed by atoms with Crippen molar-refractivity contribution in [2.24, 2.45) is 0 Å². The minimum atomic E-state index is -1.01. The molecule has 0 bridgehead atoms. The van der Waals surface area contributed by atoms with Gasteiger partial charge in [-0.25, -0.2) is 14.4 Å². The summed E-state index contributed by atoms with van der Waals surface area (Å²) in [6, 6.07) is 9.30. The van der Waals surface area contributed by atoms with Crippen LogP contribution in [0, 0.1) is 0 Å². The Hall–Kier alpha value is -3.41. The average Bonchev–Trinajstić information content (AvgIpc) is 2.68. The summed E-state index contributed by atoms with van der Waals surface area (Å²) in [7, 11) is 0. The monoisotopic (exact) mass is 386 g/mol. The summed E-state index contributed by atoms with van der Waals surface area (Å²) < 4.78 is 9.66. The maximum Gasteiger partial charge on any atom is 0.334 e. The Kier molecular flexibility index (Phi) is 12.1.